The van der Waals surface area contributed by atoms with Gasteiger partial charge in [-0.1, -0.05) is 0 Å². The number of rotatable bonds is 3. The number of hydrogen-bond acceptors (Lipinski definition) is 2. The van der Waals surface area contributed by atoms with Crippen molar-refractivity contribution in [2.45, 2.75) is 19.3 Å². The highest BCUT2D eigenvalue weighted by molar-refractivity contribution is 9.10. The van der Waals surface area contributed by atoms with Crippen LogP contribution in [0.2, 0.25) is 0 Å². The SMILES string of the molecule is Cc1nc(Br)ccc1NC(=O)C(F)(F)C(F)F. The van der Waals surface area contributed by atoms with Crippen LogP contribution in [0.5, 0.6) is 0 Å². The van der Waals surface area contributed by atoms with Crippen LogP contribution in [0.15, 0.2) is 16.7 Å². The van der Waals surface area contributed by atoms with E-state index in [2.05, 4.69) is 20.9 Å². The first-order valence-electron chi connectivity index (χ1n) is 4.35. The first kappa shape index (κ1) is 13.9. The molecule has 1 amide bonds. The van der Waals surface area contributed by atoms with Crippen LogP contribution in [0, 0.1) is 6.92 Å². The van der Waals surface area contributed by atoms with Gasteiger partial charge in [-0.25, -0.2) is 13.8 Å². The molecule has 3 nitrogen and oxygen atoms in total. The average molecular weight is 315 g/mol. The Morgan fingerprint density at radius 3 is 2.53 bits per heavy atom. The summed E-state index contributed by atoms with van der Waals surface area (Å²) in [7, 11) is 0. The van der Waals surface area contributed by atoms with Crippen molar-refractivity contribution in [1.29, 1.82) is 0 Å². The summed E-state index contributed by atoms with van der Waals surface area (Å²) in [6.07, 6.45) is -4.05. The van der Waals surface area contributed by atoms with Gasteiger partial charge in [-0.2, -0.15) is 8.78 Å². The number of aromatic nitrogens is 1. The number of nitrogens with one attached hydrogen (secondary N) is 1. The van der Waals surface area contributed by atoms with Gasteiger partial charge >= 0.3 is 18.3 Å². The molecule has 0 radical (unpaired) electrons. The number of anilines is 1. The predicted octanol–water partition coefficient (Wildman–Crippen LogP) is 2.99. The third-order valence-electron chi connectivity index (χ3n) is 1.88. The molecule has 1 heterocycles. The van der Waals surface area contributed by atoms with Crippen LogP contribution in [0.1, 0.15) is 5.69 Å². The van der Waals surface area contributed by atoms with Crippen LogP contribution in [-0.4, -0.2) is 23.2 Å². The quantitative estimate of drug-likeness (QED) is 0.688. The first-order chi connectivity index (χ1) is 7.75. The van der Waals surface area contributed by atoms with Gasteiger partial charge in [-0.05, 0) is 35.0 Å². The zero-order chi connectivity index (χ0) is 13.2. The number of nitrogens with zero attached hydrogens (tertiary/aromatic N) is 1. The molecule has 1 aromatic rings. The molecule has 0 unspecified atom stereocenters. The summed E-state index contributed by atoms with van der Waals surface area (Å²) in [5.74, 6) is -6.78. The summed E-state index contributed by atoms with van der Waals surface area (Å²) < 4.78 is 49.5. The largest absolute Gasteiger partial charge is 0.383 e. The Hall–Kier alpha value is -1.18. The van der Waals surface area contributed by atoms with Crippen molar-refractivity contribution in [2.75, 3.05) is 5.32 Å². The van der Waals surface area contributed by atoms with E-state index in [4.69, 9.17) is 0 Å². The number of pyridine rings is 1. The van der Waals surface area contributed by atoms with Gasteiger partial charge in [0.05, 0.1) is 11.4 Å². The van der Waals surface area contributed by atoms with E-state index in [1.54, 1.807) is 5.32 Å². The molecule has 17 heavy (non-hydrogen) atoms. The molecule has 0 aromatic carbocycles. The molecule has 0 bridgehead atoms. The van der Waals surface area contributed by atoms with Crippen LogP contribution < -0.4 is 5.32 Å². The molecular formula is C9H7BrF4N2O. The van der Waals surface area contributed by atoms with Crippen molar-refractivity contribution >= 4 is 27.5 Å². The Kier molecular flexibility index (Phi) is 4.07. The third-order valence-corrected chi connectivity index (χ3v) is 2.32. The Bertz CT molecular complexity index is 439. The van der Waals surface area contributed by atoms with E-state index < -0.39 is 18.3 Å². The fourth-order valence-electron chi connectivity index (χ4n) is 0.967. The van der Waals surface area contributed by atoms with Gasteiger partial charge in [0.2, 0.25) is 0 Å². The molecule has 0 aliphatic carbocycles. The monoisotopic (exact) mass is 314 g/mol. The Morgan fingerprint density at radius 1 is 1.47 bits per heavy atom. The topological polar surface area (TPSA) is 42.0 Å². The van der Waals surface area contributed by atoms with Crippen LogP contribution in [0.4, 0.5) is 23.2 Å². The Labute approximate surface area is 102 Å². The van der Waals surface area contributed by atoms with Gasteiger partial charge in [0.15, 0.2) is 0 Å². The highest BCUT2D eigenvalue weighted by Crippen LogP contribution is 2.25. The minimum atomic E-state index is -4.72. The van der Waals surface area contributed by atoms with E-state index in [9.17, 15) is 22.4 Å². The molecule has 0 fully saturated rings. The summed E-state index contributed by atoms with van der Waals surface area (Å²) >= 11 is 3.03. The van der Waals surface area contributed by atoms with E-state index in [1.165, 1.54) is 19.1 Å². The average Bonchev–Trinajstić information content (AvgIpc) is 2.21. The Morgan fingerprint density at radius 2 is 2.06 bits per heavy atom. The fourth-order valence-corrected chi connectivity index (χ4v) is 1.37. The van der Waals surface area contributed by atoms with Gasteiger partial charge in [-0.15, -0.1) is 0 Å². The van der Waals surface area contributed by atoms with Gasteiger partial charge in [0.1, 0.15) is 4.60 Å². The minimum Gasteiger partial charge on any atom is -0.319 e. The van der Waals surface area contributed by atoms with Gasteiger partial charge in [0.25, 0.3) is 0 Å². The first-order valence-corrected chi connectivity index (χ1v) is 5.15. The van der Waals surface area contributed by atoms with E-state index >= 15 is 0 Å². The van der Waals surface area contributed by atoms with Crippen molar-refractivity contribution in [3.05, 3.63) is 22.4 Å². The van der Waals surface area contributed by atoms with Crippen LogP contribution in [0.25, 0.3) is 0 Å². The highest BCUT2D eigenvalue weighted by atomic mass is 79.9. The second kappa shape index (κ2) is 4.99. The smallest absolute Gasteiger partial charge is 0.319 e. The molecule has 0 aliphatic heterocycles. The lowest BCUT2D eigenvalue weighted by Gasteiger charge is -2.15. The van der Waals surface area contributed by atoms with Crippen LogP contribution in [-0.2, 0) is 4.79 Å². The standard InChI is InChI=1S/C9H7BrF4N2O/c1-4-5(2-3-6(10)15-4)16-8(17)9(13,14)7(11)12/h2-3,7H,1H3,(H,16,17). The number of carbonyl (C=O) groups is 1. The maximum absolute atomic E-state index is 12.6. The van der Waals surface area contributed by atoms with Crippen molar-refractivity contribution in [3.63, 3.8) is 0 Å². The number of aryl methyl sites for hydroxylation is 1. The van der Waals surface area contributed by atoms with E-state index in [1.807, 2.05) is 0 Å². The van der Waals surface area contributed by atoms with Crippen molar-refractivity contribution in [2.24, 2.45) is 0 Å². The van der Waals surface area contributed by atoms with Gasteiger partial charge in [0, 0.05) is 0 Å². The molecule has 8 heteroatoms. The summed E-state index contributed by atoms with van der Waals surface area (Å²) in [6.45, 7) is 1.45. The maximum Gasteiger partial charge on any atom is 0.383 e. The van der Waals surface area contributed by atoms with E-state index in [0.717, 1.165) is 0 Å². The molecule has 0 spiro atoms. The highest BCUT2D eigenvalue weighted by Gasteiger charge is 2.49. The lowest BCUT2D eigenvalue weighted by atomic mass is 10.2. The molecule has 0 saturated heterocycles. The molecular weight excluding hydrogens is 308 g/mol. The van der Waals surface area contributed by atoms with Crippen molar-refractivity contribution < 1.29 is 22.4 Å². The van der Waals surface area contributed by atoms with Gasteiger partial charge in [-0.3, -0.25) is 4.79 Å². The molecule has 0 atom stereocenters. The molecule has 1 N–H and O–H groups in total. The van der Waals surface area contributed by atoms with Crippen LogP contribution in [0.3, 0.4) is 0 Å². The summed E-state index contributed by atoms with van der Waals surface area (Å²) in [6, 6.07) is 2.68. The number of carbonyl (C=O) groups excluding carboxylic acids is 1. The number of alkyl halides is 4. The molecule has 0 saturated carbocycles. The predicted molar refractivity (Wildman–Crippen MR) is 56.3 cm³/mol. The lowest BCUT2D eigenvalue weighted by molar-refractivity contribution is -0.163. The lowest BCUT2D eigenvalue weighted by Crippen LogP contribution is -2.41. The second-order valence-electron chi connectivity index (χ2n) is 3.14. The number of halogens is 5. The Balaban J connectivity index is 2.89. The molecule has 1 rings (SSSR count). The summed E-state index contributed by atoms with van der Waals surface area (Å²) in [4.78, 5) is 14.8. The minimum absolute atomic E-state index is 0.0430. The van der Waals surface area contributed by atoms with Crippen molar-refractivity contribution in [3.8, 4) is 0 Å². The fraction of sp³-hybridized carbons (Fsp3) is 0.333. The molecule has 94 valence electrons. The molecule has 1 aromatic heterocycles. The van der Waals surface area contributed by atoms with E-state index in [-0.39, 0.29) is 11.4 Å². The van der Waals surface area contributed by atoms with Gasteiger partial charge < -0.3 is 5.32 Å². The zero-order valence-corrected chi connectivity index (χ0v) is 10.1. The summed E-state index contributed by atoms with van der Waals surface area (Å²) in [5.41, 5.74) is 0.191. The normalized spacial score (nSPS) is 11.7. The van der Waals surface area contributed by atoms with Crippen molar-refractivity contribution in [1.82, 2.24) is 4.98 Å². The zero-order valence-electron chi connectivity index (χ0n) is 8.48. The third kappa shape index (κ3) is 3.15. The number of amides is 1. The van der Waals surface area contributed by atoms with Crippen LogP contribution >= 0.6 is 15.9 Å². The van der Waals surface area contributed by atoms with E-state index in [0.29, 0.717) is 4.60 Å². The molecule has 0 aliphatic rings. The number of hydrogen-bond donors (Lipinski definition) is 1. The second-order valence-corrected chi connectivity index (χ2v) is 3.96. The maximum atomic E-state index is 12.6. The summed E-state index contributed by atoms with van der Waals surface area (Å²) in [5, 5.41) is 1.71.